The highest BCUT2D eigenvalue weighted by Crippen LogP contribution is 2.24. The second-order valence-corrected chi connectivity index (χ2v) is 4.85. The minimum Gasteiger partial charge on any atom is -0.491 e. The van der Waals surface area contributed by atoms with Crippen LogP contribution >= 0.6 is 0 Å². The normalized spacial score (nSPS) is 14.0. The van der Waals surface area contributed by atoms with Crippen LogP contribution < -0.4 is 9.64 Å². The zero-order chi connectivity index (χ0) is 14.8. The van der Waals surface area contributed by atoms with Crippen molar-refractivity contribution in [1.29, 1.82) is 0 Å². The van der Waals surface area contributed by atoms with E-state index in [1.807, 2.05) is 29.2 Å². The average molecular weight is 285 g/mol. The van der Waals surface area contributed by atoms with Crippen LogP contribution in [0.2, 0.25) is 0 Å². The van der Waals surface area contributed by atoms with Gasteiger partial charge in [0.25, 0.3) is 0 Å². The molecule has 1 aliphatic heterocycles. The summed E-state index contributed by atoms with van der Waals surface area (Å²) in [5.41, 5.74) is 1.66. The predicted octanol–water partition coefficient (Wildman–Crippen LogP) is 1.88. The number of aryl methyl sites for hydroxylation is 1. The summed E-state index contributed by atoms with van der Waals surface area (Å²) in [6.45, 7) is 3.51. The SMILES string of the molecule is Cc1nc(N2CCOc3ccccc3C2)ncc1C(=O)O. The molecule has 1 aromatic heterocycles. The highest BCUT2D eigenvalue weighted by molar-refractivity contribution is 5.88. The van der Waals surface area contributed by atoms with Crippen LogP contribution in [0.3, 0.4) is 0 Å². The summed E-state index contributed by atoms with van der Waals surface area (Å²) >= 11 is 0. The van der Waals surface area contributed by atoms with Gasteiger partial charge in [-0.3, -0.25) is 0 Å². The van der Waals surface area contributed by atoms with Gasteiger partial charge in [-0.15, -0.1) is 0 Å². The van der Waals surface area contributed by atoms with Gasteiger partial charge in [-0.1, -0.05) is 18.2 Å². The fraction of sp³-hybridized carbons (Fsp3) is 0.267. The fourth-order valence-corrected chi connectivity index (χ4v) is 2.31. The maximum absolute atomic E-state index is 11.0. The van der Waals surface area contributed by atoms with E-state index in [0.717, 1.165) is 11.3 Å². The van der Waals surface area contributed by atoms with Gasteiger partial charge in [0.05, 0.1) is 17.8 Å². The Morgan fingerprint density at radius 2 is 2.19 bits per heavy atom. The number of carboxylic acid groups (broad SMARTS) is 1. The molecule has 0 saturated heterocycles. The molecule has 0 spiro atoms. The minimum absolute atomic E-state index is 0.130. The van der Waals surface area contributed by atoms with E-state index in [2.05, 4.69) is 9.97 Å². The summed E-state index contributed by atoms with van der Waals surface area (Å²) in [4.78, 5) is 21.5. The molecule has 1 aliphatic rings. The quantitative estimate of drug-likeness (QED) is 0.908. The molecule has 0 saturated carbocycles. The molecule has 3 rings (SSSR count). The molecule has 0 bridgehead atoms. The van der Waals surface area contributed by atoms with Crippen molar-refractivity contribution in [3.8, 4) is 5.75 Å². The number of para-hydroxylation sites is 1. The molecule has 108 valence electrons. The second kappa shape index (κ2) is 5.40. The van der Waals surface area contributed by atoms with E-state index in [1.165, 1.54) is 6.20 Å². The zero-order valence-electron chi connectivity index (χ0n) is 11.6. The summed E-state index contributed by atoms with van der Waals surface area (Å²) in [5, 5.41) is 9.03. The molecule has 0 atom stereocenters. The molecular formula is C15H15N3O3. The van der Waals surface area contributed by atoms with Crippen LogP contribution in [0.5, 0.6) is 5.75 Å². The molecule has 1 aromatic carbocycles. The first-order chi connectivity index (χ1) is 10.1. The van der Waals surface area contributed by atoms with Crippen LogP contribution in [-0.2, 0) is 6.54 Å². The molecule has 1 N–H and O–H groups in total. The zero-order valence-corrected chi connectivity index (χ0v) is 11.6. The number of benzene rings is 1. The van der Waals surface area contributed by atoms with Crippen molar-refractivity contribution in [2.45, 2.75) is 13.5 Å². The third-order valence-electron chi connectivity index (χ3n) is 3.43. The Morgan fingerprint density at radius 1 is 1.38 bits per heavy atom. The van der Waals surface area contributed by atoms with Crippen molar-refractivity contribution in [2.75, 3.05) is 18.1 Å². The van der Waals surface area contributed by atoms with Crippen molar-refractivity contribution in [2.24, 2.45) is 0 Å². The summed E-state index contributed by atoms with van der Waals surface area (Å²) in [6.07, 6.45) is 1.36. The van der Waals surface area contributed by atoms with Gasteiger partial charge < -0.3 is 14.7 Å². The number of rotatable bonds is 2. The van der Waals surface area contributed by atoms with E-state index in [0.29, 0.717) is 31.3 Å². The molecule has 2 aromatic rings. The Morgan fingerprint density at radius 3 is 2.95 bits per heavy atom. The number of fused-ring (bicyclic) bond motifs is 1. The summed E-state index contributed by atoms with van der Waals surface area (Å²) in [5.74, 6) is 0.389. The Hall–Kier alpha value is -2.63. The fourth-order valence-electron chi connectivity index (χ4n) is 2.31. The lowest BCUT2D eigenvalue weighted by molar-refractivity contribution is 0.0695. The predicted molar refractivity (Wildman–Crippen MR) is 76.7 cm³/mol. The first-order valence-electron chi connectivity index (χ1n) is 6.68. The van der Waals surface area contributed by atoms with Gasteiger partial charge >= 0.3 is 5.97 Å². The van der Waals surface area contributed by atoms with E-state index in [9.17, 15) is 4.79 Å². The van der Waals surface area contributed by atoms with E-state index in [1.54, 1.807) is 6.92 Å². The van der Waals surface area contributed by atoms with Crippen molar-refractivity contribution >= 4 is 11.9 Å². The molecule has 6 heteroatoms. The molecule has 6 nitrogen and oxygen atoms in total. The number of carbonyl (C=O) groups is 1. The molecule has 21 heavy (non-hydrogen) atoms. The minimum atomic E-state index is -1.01. The number of hydrogen-bond acceptors (Lipinski definition) is 5. The number of carboxylic acids is 1. The Kier molecular flexibility index (Phi) is 3.43. The van der Waals surface area contributed by atoms with Crippen molar-refractivity contribution in [1.82, 2.24) is 9.97 Å². The monoisotopic (exact) mass is 285 g/mol. The van der Waals surface area contributed by atoms with Gasteiger partial charge in [-0.25, -0.2) is 14.8 Å². The van der Waals surface area contributed by atoms with Crippen LogP contribution in [0.15, 0.2) is 30.5 Å². The largest absolute Gasteiger partial charge is 0.491 e. The molecule has 0 unspecified atom stereocenters. The smallest absolute Gasteiger partial charge is 0.339 e. The van der Waals surface area contributed by atoms with Crippen molar-refractivity contribution < 1.29 is 14.6 Å². The van der Waals surface area contributed by atoms with E-state index >= 15 is 0 Å². The number of aromatic nitrogens is 2. The molecule has 0 fully saturated rings. The second-order valence-electron chi connectivity index (χ2n) is 4.85. The number of ether oxygens (including phenoxy) is 1. The van der Waals surface area contributed by atoms with Gasteiger partial charge in [0.2, 0.25) is 5.95 Å². The standard InChI is InChI=1S/C15H15N3O3/c1-10-12(14(19)20)8-16-15(17-10)18-6-7-21-13-5-3-2-4-11(13)9-18/h2-5,8H,6-7,9H2,1H3,(H,19,20). The van der Waals surface area contributed by atoms with Gasteiger partial charge in [-0.2, -0.15) is 0 Å². The van der Waals surface area contributed by atoms with Crippen LogP contribution in [0, 0.1) is 6.92 Å². The van der Waals surface area contributed by atoms with Crippen LogP contribution in [0.1, 0.15) is 21.6 Å². The molecule has 0 radical (unpaired) electrons. The van der Waals surface area contributed by atoms with E-state index in [-0.39, 0.29) is 5.56 Å². The van der Waals surface area contributed by atoms with Crippen LogP contribution in [-0.4, -0.2) is 34.2 Å². The lowest BCUT2D eigenvalue weighted by Crippen LogP contribution is -2.27. The lowest BCUT2D eigenvalue weighted by atomic mass is 10.2. The van der Waals surface area contributed by atoms with Gasteiger partial charge in [0, 0.05) is 18.3 Å². The molecular weight excluding hydrogens is 270 g/mol. The first kappa shape index (κ1) is 13.4. The Balaban J connectivity index is 1.91. The highest BCUT2D eigenvalue weighted by Gasteiger charge is 2.19. The van der Waals surface area contributed by atoms with E-state index in [4.69, 9.17) is 9.84 Å². The number of anilines is 1. The molecule has 2 heterocycles. The maximum atomic E-state index is 11.0. The number of hydrogen-bond donors (Lipinski definition) is 1. The maximum Gasteiger partial charge on any atom is 0.339 e. The van der Waals surface area contributed by atoms with Crippen molar-refractivity contribution in [3.05, 3.63) is 47.3 Å². The highest BCUT2D eigenvalue weighted by atomic mass is 16.5. The topological polar surface area (TPSA) is 75.5 Å². The lowest BCUT2D eigenvalue weighted by Gasteiger charge is -2.20. The summed E-state index contributed by atoms with van der Waals surface area (Å²) in [7, 11) is 0. The Bertz CT molecular complexity index is 688. The third kappa shape index (κ3) is 2.65. The van der Waals surface area contributed by atoms with Crippen molar-refractivity contribution in [3.63, 3.8) is 0 Å². The van der Waals surface area contributed by atoms with Crippen LogP contribution in [0.25, 0.3) is 0 Å². The first-order valence-corrected chi connectivity index (χ1v) is 6.68. The summed E-state index contributed by atoms with van der Waals surface area (Å²) < 4.78 is 5.70. The summed E-state index contributed by atoms with van der Waals surface area (Å²) in [6, 6.07) is 7.85. The number of nitrogens with zero attached hydrogens (tertiary/aromatic N) is 3. The van der Waals surface area contributed by atoms with Crippen LogP contribution in [0.4, 0.5) is 5.95 Å². The van der Waals surface area contributed by atoms with E-state index < -0.39 is 5.97 Å². The van der Waals surface area contributed by atoms with Gasteiger partial charge in [0.1, 0.15) is 12.4 Å². The third-order valence-corrected chi connectivity index (χ3v) is 3.43. The molecule has 0 amide bonds. The molecule has 0 aliphatic carbocycles. The number of aromatic carboxylic acids is 1. The van der Waals surface area contributed by atoms with Gasteiger partial charge in [-0.05, 0) is 13.0 Å². The average Bonchev–Trinajstić information content (AvgIpc) is 2.68. The Labute approximate surface area is 122 Å². The van der Waals surface area contributed by atoms with Gasteiger partial charge in [0.15, 0.2) is 0 Å².